The van der Waals surface area contributed by atoms with Crippen molar-refractivity contribution < 1.29 is 33.0 Å². The summed E-state index contributed by atoms with van der Waals surface area (Å²) in [5.74, 6) is -0.569. The van der Waals surface area contributed by atoms with E-state index in [4.69, 9.17) is 25.5 Å². The van der Waals surface area contributed by atoms with Crippen molar-refractivity contribution in [1.82, 2.24) is 10.2 Å². The molecule has 188 valence electrons. The first kappa shape index (κ1) is 25.3. The van der Waals surface area contributed by atoms with Crippen LogP contribution in [-0.2, 0) is 22.7 Å². The number of ether oxygens (including phenoxy) is 3. The van der Waals surface area contributed by atoms with Gasteiger partial charge in [-0.1, -0.05) is 29.8 Å². The number of furan rings is 1. The standard InChI is InChI=1S/C26H20ClN3O7/c1-34-22-11-18(27)9-17(23(22)36-14-16-6-4-3-5-15(16)12-28)10-20-24(31)30(26(33)29-20)13-19-7-8-21(37-19)25(32)35-2/h3-11H,13-14H2,1-2H3,(H,29,33)/b20-10-. The molecule has 1 N–H and O–H groups in total. The van der Waals surface area contributed by atoms with E-state index in [-0.39, 0.29) is 36.1 Å². The summed E-state index contributed by atoms with van der Waals surface area (Å²) in [6.07, 6.45) is 1.42. The van der Waals surface area contributed by atoms with Gasteiger partial charge in [0.15, 0.2) is 11.5 Å². The number of hydrogen-bond acceptors (Lipinski definition) is 8. The van der Waals surface area contributed by atoms with Gasteiger partial charge in [0.25, 0.3) is 5.91 Å². The highest BCUT2D eigenvalue weighted by Crippen LogP contribution is 2.37. The highest BCUT2D eigenvalue weighted by atomic mass is 35.5. The maximum Gasteiger partial charge on any atom is 0.373 e. The SMILES string of the molecule is COC(=O)c1ccc(CN2C(=O)N/C(=C\c3cc(Cl)cc(OC)c3OCc3ccccc3C#N)C2=O)o1. The van der Waals surface area contributed by atoms with Crippen LogP contribution in [0.1, 0.15) is 33.0 Å². The molecule has 0 saturated carbocycles. The Hall–Kier alpha value is -4.75. The number of carbonyl (C=O) groups is 3. The van der Waals surface area contributed by atoms with Crippen LogP contribution in [0.4, 0.5) is 4.79 Å². The zero-order chi connectivity index (χ0) is 26.5. The normalized spacial score (nSPS) is 13.9. The van der Waals surface area contributed by atoms with E-state index in [1.165, 1.54) is 32.4 Å². The molecule has 3 aromatic rings. The second-order valence-electron chi connectivity index (χ2n) is 7.72. The highest BCUT2D eigenvalue weighted by molar-refractivity contribution is 6.31. The van der Waals surface area contributed by atoms with Crippen molar-refractivity contribution in [2.75, 3.05) is 14.2 Å². The number of esters is 1. The molecule has 2 aromatic carbocycles. The number of carbonyl (C=O) groups excluding carboxylic acids is 3. The molecule has 2 heterocycles. The number of benzene rings is 2. The molecular formula is C26H20ClN3O7. The number of imide groups is 1. The Kier molecular flexibility index (Phi) is 7.46. The molecule has 0 spiro atoms. The van der Waals surface area contributed by atoms with E-state index in [0.717, 1.165) is 4.90 Å². The molecule has 0 unspecified atom stereocenters. The minimum Gasteiger partial charge on any atom is -0.493 e. The van der Waals surface area contributed by atoms with Gasteiger partial charge in [-0.25, -0.2) is 9.59 Å². The summed E-state index contributed by atoms with van der Waals surface area (Å²) in [7, 11) is 2.65. The van der Waals surface area contributed by atoms with Gasteiger partial charge in [-0.3, -0.25) is 9.69 Å². The number of methoxy groups -OCH3 is 2. The lowest BCUT2D eigenvalue weighted by Crippen LogP contribution is -2.30. The number of urea groups is 1. The monoisotopic (exact) mass is 521 g/mol. The summed E-state index contributed by atoms with van der Waals surface area (Å²) in [4.78, 5) is 38.1. The summed E-state index contributed by atoms with van der Waals surface area (Å²) in [5.41, 5.74) is 1.45. The van der Waals surface area contributed by atoms with Crippen LogP contribution in [0.25, 0.3) is 6.08 Å². The molecule has 1 saturated heterocycles. The fourth-order valence-electron chi connectivity index (χ4n) is 3.61. The van der Waals surface area contributed by atoms with Crippen LogP contribution in [-0.4, -0.2) is 37.0 Å². The molecule has 0 atom stereocenters. The van der Waals surface area contributed by atoms with Gasteiger partial charge in [-0.05, 0) is 30.3 Å². The lowest BCUT2D eigenvalue weighted by atomic mass is 10.1. The summed E-state index contributed by atoms with van der Waals surface area (Å²) in [6, 6.07) is 14.4. The summed E-state index contributed by atoms with van der Waals surface area (Å²) in [5, 5.41) is 12.2. The summed E-state index contributed by atoms with van der Waals surface area (Å²) < 4.78 is 21.4. The van der Waals surface area contributed by atoms with Crippen molar-refractivity contribution in [2.24, 2.45) is 0 Å². The topological polar surface area (TPSA) is 131 Å². The second-order valence-corrected chi connectivity index (χ2v) is 8.16. The average molecular weight is 522 g/mol. The Morgan fingerprint density at radius 2 is 1.97 bits per heavy atom. The third-order valence-corrected chi connectivity index (χ3v) is 5.62. The van der Waals surface area contributed by atoms with E-state index < -0.39 is 17.9 Å². The minimum absolute atomic E-state index is 0.0312. The Morgan fingerprint density at radius 1 is 1.19 bits per heavy atom. The molecule has 1 aliphatic heterocycles. The molecule has 3 amide bonds. The van der Waals surface area contributed by atoms with Crippen LogP contribution in [0.3, 0.4) is 0 Å². The number of nitriles is 1. The number of hydrogen-bond donors (Lipinski definition) is 1. The van der Waals surface area contributed by atoms with E-state index in [1.54, 1.807) is 36.4 Å². The average Bonchev–Trinajstić information content (AvgIpc) is 3.47. The van der Waals surface area contributed by atoms with Crippen molar-refractivity contribution >= 4 is 35.6 Å². The van der Waals surface area contributed by atoms with Gasteiger partial charge >= 0.3 is 12.0 Å². The lowest BCUT2D eigenvalue weighted by molar-refractivity contribution is -0.123. The van der Waals surface area contributed by atoms with Crippen molar-refractivity contribution in [3.63, 3.8) is 0 Å². The van der Waals surface area contributed by atoms with Crippen LogP contribution in [0.15, 0.2) is 58.6 Å². The van der Waals surface area contributed by atoms with Crippen molar-refractivity contribution in [3.05, 3.63) is 87.5 Å². The van der Waals surface area contributed by atoms with E-state index in [9.17, 15) is 19.6 Å². The largest absolute Gasteiger partial charge is 0.493 e. The zero-order valence-corrected chi connectivity index (χ0v) is 20.5. The summed E-state index contributed by atoms with van der Waals surface area (Å²) >= 11 is 6.25. The summed E-state index contributed by atoms with van der Waals surface area (Å²) in [6.45, 7) is -0.155. The van der Waals surface area contributed by atoms with Crippen LogP contribution in [0, 0.1) is 11.3 Å². The second kappa shape index (κ2) is 10.9. The number of amides is 3. The van der Waals surface area contributed by atoms with Crippen LogP contribution in [0.5, 0.6) is 11.5 Å². The number of halogens is 1. The molecule has 10 nitrogen and oxygen atoms in total. The maximum absolute atomic E-state index is 13.0. The molecular weight excluding hydrogens is 502 g/mol. The predicted molar refractivity (Wildman–Crippen MR) is 131 cm³/mol. The Morgan fingerprint density at radius 3 is 2.70 bits per heavy atom. The molecule has 0 bridgehead atoms. The third kappa shape index (κ3) is 5.42. The van der Waals surface area contributed by atoms with Gasteiger partial charge in [0, 0.05) is 22.2 Å². The first-order valence-electron chi connectivity index (χ1n) is 10.8. The van der Waals surface area contributed by atoms with Gasteiger partial charge in [0.2, 0.25) is 5.76 Å². The van der Waals surface area contributed by atoms with E-state index >= 15 is 0 Å². The van der Waals surface area contributed by atoms with Crippen molar-refractivity contribution in [3.8, 4) is 17.6 Å². The van der Waals surface area contributed by atoms with Gasteiger partial charge in [0.05, 0.1) is 32.4 Å². The van der Waals surface area contributed by atoms with Gasteiger partial charge in [0.1, 0.15) is 18.1 Å². The van der Waals surface area contributed by atoms with Crippen LogP contribution < -0.4 is 14.8 Å². The van der Waals surface area contributed by atoms with Crippen molar-refractivity contribution in [2.45, 2.75) is 13.2 Å². The van der Waals surface area contributed by atoms with E-state index in [1.807, 2.05) is 0 Å². The molecule has 1 aromatic heterocycles. The lowest BCUT2D eigenvalue weighted by Gasteiger charge is -2.15. The van der Waals surface area contributed by atoms with Crippen LogP contribution >= 0.6 is 11.6 Å². The third-order valence-electron chi connectivity index (χ3n) is 5.40. The minimum atomic E-state index is -0.677. The first-order chi connectivity index (χ1) is 17.8. The molecule has 11 heteroatoms. The van der Waals surface area contributed by atoms with E-state index in [0.29, 0.717) is 27.5 Å². The van der Waals surface area contributed by atoms with Gasteiger partial charge in [-0.2, -0.15) is 5.26 Å². The van der Waals surface area contributed by atoms with Gasteiger partial charge < -0.3 is 23.9 Å². The number of nitrogens with zero attached hydrogens (tertiary/aromatic N) is 2. The van der Waals surface area contributed by atoms with Gasteiger partial charge in [-0.15, -0.1) is 0 Å². The highest BCUT2D eigenvalue weighted by Gasteiger charge is 2.35. The first-order valence-corrected chi connectivity index (χ1v) is 11.2. The van der Waals surface area contributed by atoms with Crippen LogP contribution in [0.2, 0.25) is 5.02 Å². The van der Waals surface area contributed by atoms with E-state index in [2.05, 4.69) is 16.1 Å². The molecule has 37 heavy (non-hydrogen) atoms. The Labute approximate surface area is 216 Å². The zero-order valence-electron chi connectivity index (χ0n) is 19.7. The Balaban J connectivity index is 1.61. The van der Waals surface area contributed by atoms with Crippen molar-refractivity contribution in [1.29, 1.82) is 5.26 Å². The predicted octanol–water partition coefficient (Wildman–Crippen LogP) is 4.27. The molecule has 1 aliphatic rings. The number of rotatable bonds is 8. The quantitative estimate of drug-likeness (QED) is 0.264. The fourth-order valence-corrected chi connectivity index (χ4v) is 3.82. The fraction of sp³-hybridized carbons (Fsp3) is 0.154. The maximum atomic E-state index is 13.0. The Bertz CT molecular complexity index is 1450. The molecule has 4 rings (SSSR count). The smallest absolute Gasteiger partial charge is 0.373 e. The molecule has 1 fully saturated rings. The molecule has 0 aliphatic carbocycles. The number of nitrogens with one attached hydrogen (secondary N) is 1. The molecule has 0 radical (unpaired) electrons.